The van der Waals surface area contributed by atoms with Gasteiger partial charge in [-0.05, 0) is 20.9 Å². The van der Waals surface area contributed by atoms with E-state index in [1.54, 1.807) is 13.8 Å². The molecular weight excluding hydrogens is 198 g/mol. The highest BCUT2D eigenvalue weighted by Gasteiger charge is 2.49. The molecule has 0 aliphatic carbocycles. The fraction of sp³-hybridized carbons (Fsp3) is 1.00. The summed E-state index contributed by atoms with van der Waals surface area (Å²) in [6.45, 7) is 4.59. The van der Waals surface area contributed by atoms with E-state index in [0.29, 0.717) is 13.1 Å². The van der Waals surface area contributed by atoms with Gasteiger partial charge >= 0.3 is 0 Å². The summed E-state index contributed by atoms with van der Waals surface area (Å²) < 4.78 is 11.2. The van der Waals surface area contributed by atoms with Crippen LogP contribution in [0.15, 0.2) is 0 Å². The minimum atomic E-state index is -0.715. The predicted molar refractivity (Wildman–Crippen MR) is 53.3 cm³/mol. The monoisotopic (exact) mass is 217 g/mol. The van der Waals surface area contributed by atoms with E-state index in [-0.39, 0.29) is 0 Å². The normalized spacial score (nSPS) is 46.2. The summed E-state index contributed by atoms with van der Waals surface area (Å²) in [7, 11) is 1.86. The summed E-state index contributed by atoms with van der Waals surface area (Å²) in [6, 6.07) is 0. The summed E-state index contributed by atoms with van der Waals surface area (Å²) in [6.07, 6.45) is -2.09. The Kier molecular flexibility index (Phi) is 2.77. The molecule has 2 saturated heterocycles. The SMILES string of the molecule is CN1C[C@@H](O)[C@@H]2OC(C)(C)O[C@@H]2[C@@H](O)C1. The number of hydrogen-bond donors (Lipinski definition) is 2. The highest BCUT2D eigenvalue weighted by Crippen LogP contribution is 2.33. The number of aliphatic hydroxyl groups is 2. The molecule has 0 aromatic carbocycles. The van der Waals surface area contributed by atoms with Gasteiger partial charge in [-0.1, -0.05) is 0 Å². The van der Waals surface area contributed by atoms with Crippen molar-refractivity contribution in [2.24, 2.45) is 0 Å². The van der Waals surface area contributed by atoms with Gasteiger partial charge in [0.25, 0.3) is 0 Å². The summed E-state index contributed by atoms with van der Waals surface area (Å²) in [4.78, 5) is 1.88. The Bertz CT molecular complexity index is 224. The fourth-order valence-electron chi connectivity index (χ4n) is 2.33. The van der Waals surface area contributed by atoms with Crippen LogP contribution in [0.25, 0.3) is 0 Å². The first-order valence-corrected chi connectivity index (χ1v) is 5.29. The molecule has 0 bridgehead atoms. The van der Waals surface area contributed by atoms with Crippen LogP contribution >= 0.6 is 0 Å². The van der Waals surface area contributed by atoms with Crippen molar-refractivity contribution in [1.29, 1.82) is 0 Å². The molecule has 0 saturated carbocycles. The molecule has 2 rings (SSSR count). The molecule has 15 heavy (non-hydrogen) atoms. The summed E-state index contributed by atoms with van der Waals surface area (Å²) in [5, 5.41) is 19.8. The van der Waals surface area contributed by atoms with Crippen molar-refractivity contribution < 1.29 is 19.7 Å². The van der Waals surface area contributed by atoms with Crippen molar-refractivity contribution in [1.82, 2.24) is 4.90 Å². The van der Waals surface area contributed by atoms with Crippen molar-refractivity contribution in [2.45, 2.75) is 44.1 Å². The van der Waals surface area contributed by atoms with Crippen molar-refractivity contribution in [3.8, 4) is 0 Å². The van der Waals surface area contributed by atoms with Gasteiger partial charge in [0.15, 0.2) is 5.79 Å². The third-order valence-corrected chi connectivity index (χ3v) is 2.92. The molecule has 0 spiro atoms. The van der Waals surface area contributed by atoms with Gasteiger partial charge in [0.1, 0.15) is 12.2 Å². The Morgan fingerprint density at radius 2 is 1.47 bits per heavy atom. The Morgan fingerprint density at radius 1 is 1.07 bits per heavy atom. The highest BCUT2D eigenvalue weighted by molar-refractivity contribution is 4.95. The number of fused-ring (bicyclic) bond motifs is 1. The van der Waals surface area contributed by atoms with Crippen molar-refractivity contribution in [3.63, 3.8) is 0 Å². The lowest BCUT2D eigenvalue weighted by atomic mass is 10.1. The molecular formula is C10H19NO4. The third kappa shape index (κ3) is 2.16. The van der Waals surface area contributed by atoms with Crippen LogP contribution in [0.2, 0.25) is 0 Å². The third-order valence-electron chi connectivity index (χ3n) is 2.92. The summed E-state index contributed by atoms with van der Waals surface area (Å²) in [5.74, 6) is -0.715. The molecule has 0 unspecified atom stereocenters. The zero-order valence-corrected chi connectivity index (χ0v) is 9.38. The van der Waals surface area contributed by atoms with Crippen LogP contribution in [-0.4, -0.2) is 65.5 Å². The second-order valence-electron chi connectivity index (χ2n) is 4.92. The maximum absolute atomic E-state index is 9.92. The molecule has 5 heteroatoms. The molecule has 0 aromatic heterocycles. The van der Waals surface area contributed by atoms with Gasteiger partial charge in [0.2, 0.25) is 0 Å². The van der Waals surface area contributed by atoms with Crippen LogP contribution in [0, 0.1) is 0 Å². The van der Waals surface area contributed by atoms with Gasteiger partial charge in [-0.25, -0.2) is 0 Å². The van der Waals surface area contributed by atoms with Gasteiger partial charge in [-0.15, -0.1) is 0 Å². The van der Waals surface area contributed by atoms with E-state index in [4.69, 9.17) is 9.47 Å². The van der Waals surface area contributed by atoms with E-state index >= 15 is 0 Å². The lowest BCUT2D eigenvalue weighted by Crippen LogP contribution is -2.41. The van der Waals surface area contributed by atoms with Crippen LogP contribution in [0.5, 0.6) is 0 Å². The minimum absolute atomic E-state index is 0.431. The average molecular weight is 217 g/mol. The van der Waals surface area contributed by atoms with Crippen LogP contribution in [0.3, 0.4) is 0 Å². The summed E-state index contributed by atoms with van der Waals surface area (Å²) >= 11 is 0. The molecule has 2 heterocycles. The van der Waals surface area contributed by atoms with E-state index in [1.807, 2.05) is 11.9 Å². The first-order valence-electron chi connectivity index (χ1n) is 5.29. The van der Waals surface area contributed by atoms with Crippen molar-refractivity contribution >= 4 is 0 Å². The molecule has 5 nitrogen and oxygen atoms in total. The smallest absolute Gasteiger partial charge is 0.164 e. The number of ether oxygens (including phenoxy) is 2. The molecule has 0 aromatic rings. The molecule has 88 valence electrons. The van der Waals surface area contributed by atoms with Crippen LogP contribution < -0.4 is 0 Å². The average Bonchev–Trinajstić information content (AvgIpc) is 2.36. The molecule has 2 aliphatic rings. The van der Waals surface area contributed by atoms with Crippen LogP contribution in [-0.2, 0) is 9.47 Å². The van der Waals surface area contributed by atoms with Crippen molar-refractivity contribution in [2.75, 3.05) is 20.1 Å². The van der Waals surface area contributed by atoms with E-state index in [2.05, 4.69) is 0 Å². The first kappa shape index (κ1) is 11.3. The zero-order chi connectivity index (χ0) is 11.2. The van der Waals surface area contributed by atoms with Gasteiger partial charge < -0.3 is 24.6 Å². The molecule has 0 radical (unpaired) electrons. The number of nitrogens with zero attached hydrogens (tertiary/aromatic N) is 1. The molecule has 2 N–H and O–H groups in total. The van der Waals surface area contributed by atoms with E-state index < -0.39 is 30.2 Å². The standard InChI is InChI=1S/C10H19NO4/c1-10(2)14-8-6(12)4-11(3)5-7(13)9(8)15-10/h6-9,12-13H,4-5H2,1-3H3/t6-,7+,8+,9-. The number of likely N-dealkylation sites (tertiary alicyclic amines) is 1. The number of likely N-dealkylation sites (N-methyl/N-ethyl adjacent to an activating group) is 1. The van der Waals surface area contributed by atoms with E-state index in [1.165, 1.54) is 0 Å². The maximum Gasteiger partial charge on any atom is 0.164 e. The van der Waals surface area contributed by atoms with Gasteiger partial charge in [0, 0.05) is 13.1 Å². The number of rotatable bonds is 0. The quantitative estimate of drug-likeness (QED) is 0.555. The summed E-state index contributed by atoms with van der Waals surface area (Å²) in [5.41, 5.74) is 0. The largest absolute Gasteiger partial charge is 0.389 e. The maximum atomic E-state index is 9.92. The predicted octanol–water partition coefficient (Wildman–Crippen LogP) is -0.826. The Balaban J connectivity index is 2.17. The van der Waals surface area contributed by atoms with Gasteiger partial charge in [-0.3, -0.25) is 0 Å². The van der Waals surface area contributed by atoms with E-state index in [0.717, 1.165) is 0 Å². The lowest BCUT2D eigenvalue weighted by molar-refractivity contribution is -0.165. The molecule has 2 aliphatic heterocycles. The van der Waals surface area contributed by atoms with E-state index in [9.17, 15) is 10.2 Å². The second kappa shape index (κ2) is 3.68. The van der Waals surface area contributed by atoms with Crippen LogP contribution in [0.1, 0.15) is 13.8 Å². The first-order chi connectivity index (χ1) is 6.89. The second-order valence-corrected chi connectivity index (χ2v) is 4.92. The Hall–Kier alpha value is -0.200. The van der Waals surface area contributed by atoms with Gasteiger partial charge in [0.05, 0.1) is 12.2 Å². The topological polar surface area (TPSA) is 62.2 Å². The molecule has 0 amide bonds. The van der Waals surface area contributed by atoms with Crippen molar-refractivity contribution in [3.05, 3.63) is 0 Å². The molecule has 4 atom stereocenters. The minimum Gasteiger partial charge on any atom is -0.389 e. The lowest BCUT2D eigenvalue weighted by Gasteiger charge is -2.23. The zero-order valence-electron chi connectivity index (χ0n) is 9.38. The number of β-amino-alcohol motifs (C(OH)–C–C–N with tert-alkyl or cyclic N) is 2. The van der Waals surface area contributed by atoms with Crippen LogP contribution in [0.4, 0.5) is 0 Å². The molecule has 2 fully saturated rings. The number of hydrogen-bond acceptors (Lipinski definition) is 5. The number of aliphatic hydroxyl groups excluding tert-OH is 2. The Morgan fingerprint density at radius 3 is 1.87 bits per heavy atom. The fourth-order valence-corrected chi connectivity index (χ4v) is 2.33. The highest BCUT2D eigenvalue weighted by atomic mass is 16.8. The Labute approximate surface area is 89.6 Å². The van der Waals surface area contributed by atoms with Gasteiger partial charge in [-0.2, -0.15) is 0 Å².